The van der Waals surface area contributed by atoms with E-state index in [1.165, 1.54) is 17.0 Å². The summed E-state index contributed by atoms with van der Waals surface area (Å²) in [5.74, 6) is -0.641. The van der Waals surface area contributed by atoms with Gasteiger partial charge in [0.05, 0.1) is 5.39 Å². The molecule has 1 heterocycles. The van der Waals surface area contributed by atoms with E-state index in [2.05, 4.69) is 10.2 Å². The molecule has 6 heteroatoms. The molecule has 1 N–H and O–H groups in total. The highest BCUT2D eigenvalue weighted by Crippen LogP contribution is 2.15. The normalized spacial score (nSPS) is 10.7. The lowest BCUT2D eigenvalue weighted by atomic mass is 10.1. The highest BCUT2D eigenvalue weighted by atomic mass is 19.1. The summed E-state index contributed by atoms with van der Waals surface area (Å²) in [6.45, 7) is 0.314. The summed E-state index contributed by atoms with van der Waals surface area (Å²) in [7, 11) is 1.63. The van der Waals surface area contributed by atoms with Crippen LogP contribution in [0.25, 0.3) is 10.8 Å². The zero-order chi connectivity index (χ0) is 16.4. The fourth-order valence-corrected chi connectivity index (χ4v) is 2.39. The van der Waals surface area contributed by atoms with Crippen molar-refractivity contribution in [3.05, 3.63) is 76.0 Å². The fourth-order valence-electron chi connectivity index (χ4n) is 2.39. The van der Waals surface area contributed by atoms with E-state index in [4.69, 9.17) is 0 Å². The van der Waals surface area contributed by atoms with Crippen LogP contribution in [0.15, 0.2) is 53.3 Å². The molecule has 0 aliphatic carbocycles. The molecule has 0 saturated carbocycles. The number of rotatable bonds is 3. The molecule has 0 fully saturated rings. The molecule has 116 valence electrons. The van der Waals surface area contributed by atoms with E-state index < -0.39 is 0 Å². The molecule has 1 aromatic heterocycles. The Kier molecular flexibility index (Phi) is 3.89. The Morgan fingerprint density at radius 2 is 1.78 bits per heavy atom. The van der Waals surface area contributed by atoms with Crippen molar-refractivity contribution in [2.24, 2.45) is 0 Å². The molecular formula is C17H14FN3O2. The van der Waals surface area contributed by atoms with Gasteiger partial charge in [0.15, 0.2) is 5.69 Å². The topological polar surface area (TPSA) is 66.1 Å². The maximum atomic E-state index is 12.9. The summed E-state index contributed by atoms with van der Waals surface area (Å²) in [5, 5.41) is 7.17. The predicted molar refractivity (Wildman–Crippen MR) is 84.6 cm³/mol. The van der Waals surface area contributed by atoms with E-state index in [0.29, 0.717) is 17.3 Å². The van der Waals surface area contributed by atoms with Gasteiger partial charge in [0.2, 0.25) is 0 Å². The molecule has 3 rings (SSSR count). The Balaban J connectivity index is 1.92. The van der Waals surface area contributed by atoms with E-state index in [0.717, 1.165) is 5.56 Å². The molecule has 5 nitrogen and oxygen atoms in total. The second-order valence-corrected chi connectivity index (χ2v) is 5.23. The zero-order valence-electron chi connectivity index (χ0n) is 12.4. The minimum Gasteiger partial charge on any atom is -0.336 e. The number of carbonyl (C=O) groups excluding carboxylic acids is 1. The molecule has 0 saturated heterocycles. The minimum absolute atomic E-state index is 0.185. The van der Waals surface area contributed by atoms with Crippen LogP contribution in [-0.2, 0) is 6.54 Å². The highest BCUT2D eigenvalue weighted by molar-refractivity contribution is 6.04. The van der Waals surface area contributed by atoms with Gasteiger partial charge in [-0.2, -0.15) is 5.10 Å². The number of halogens is 1. The molecule has 0 atom stereocenters. The van der Waals surface area contributed by atoms with Gasteiger partial charge >= 0.3 is 0 Å². The van der Waals surface area contributed by atoms with Crippen molar-refractivity contribution in [3.8, 4) is 0 Å². The summed E-state index contributed by atoms with van der Waals surface area (Å²) in [6.07, 6.45) is 0. The summed E-state index contributed by atoms with van der Waals surface area (Å²) in [6, 6.07) is 12.8. The molecule has 0 radical (unpaired) electrons. The first-order chi connectivity index (χ1) is 11.1. The fraction of sp³-hybridized carbons (Fsp3) is 0.118. The van der Waals surface area contributed by atoms with Gasteiger partial charge in [0.25, 0.3) is 11.5 Å². The minimum atomic E-state index is -0.335. The van der Waals surface area contributed by atoms with Crippen LogP contribution in [0.4, 0.5) is 4.39 Å². The molecule has 0 unspecified atom stereocenters. The Labute approximate surface area is 131 Å². The van der Waals surface area contributed by atoms with Gasteiger partial charge in [-0.25, -0.2) is 9.49 Å². The molecule has 0 aliphatic heterocycles. The number of H-pyrrole nitrogens is 1. The number of aromatic nitrogens is 2. The molecule has 1 amide bonds. The Morgan fingerprint density at radius 1 is 1.13 bits per heavy atom. The molecular weight excluding hydrogens is 297 g/mol. The zero-order valence-corrected chi connectivity index (χ0v) is 12.4. The average molecular weight is 311 g/mol. The second-order valence-electron chi connectivity index (χ2n) is 5.23. The van der Waals surface area contributed by atoms with Crippen molar-refractivity contribution >= 4 is 16.7 Å². The van der Waals surface area contributed by atoms with Gasteiger partial charge in [0.1, 0.15) is 5.82 Å². The maximum absolute atomic E-state index is 12.9. The van der Waals surface area contributed by atoms with Gasteiger partial charge < -0.3 is 4.90 Å². The predicted octanol–water partition coefficient (Wildman–Crippen LogP) is 2.33. The van der Waals surface area contributed by atoms with E-state index in [1.807, 2.05) is 0 Å². The molecule has 0 aliphatic rings. The summed E-state index contributed by atoms with van der Waals surface area (Å²) >= 11 is 0. The summed E-state index contributed by atoms with van der Waals surface area (Å²) < 4.78 is 12.9. The molecule has 0 bridgehead atoms. The van der Waals surface area contributed by atoms with Crippen LogP contribution in [0.3, 0.4) is 0 Å². The quantitative estimate of drug-likeness (QED) is 0.807. The van der Waals surface area contributed by atoms with E-state index >= 15 is 0 Å². The van der Waals surface area contributed by atoms with E-state index in [1.54, 1.807) is 43.4 Å². The summed E-state index contributed by atoms with van der Waals surface area (Å²) in [5.41, 5.74) is 0.652. The first-order valence-corrected chi connectivity index (χ1v) is 7.03. The number of nitrogens with one attached hydrogen (secondary N) is 1. The van der Waals surface area contributed by atoms with Gasteiger partial charge in [-0.1, -0.05) is 30.3 Å². The van der Waals surface area contributed by atoms with Crippen LogP contribution in [0.2, 0.25) is 0 Å². The maximum Gasteiger partial charge on any atom is 0.274 e. The molecule has 3 aromatic rings. The van der Waals surface area contributed by atoms with E-state index in [9.17, 15) is 14.0 Å². The summed E-state index contributed by atoms with van der Waals surface area (Å²) in [4.78, 5) is 25.8. The van der Waals surface area contributed by atoms with Crippen LogP contribution >= 0.6 is 0 Å². The number of carbonyl (C=O) groups is 1. The van der Waals surface area contributed by atoms with Crippen molar-refractivity contribution < 1.29 is 9.18 Å². The first-order valence-electron chi connectivity index (χ1n) is 7.03. The molecule has 2 aromatic carbocycles. The van der Waals surface area contributed by atoms with Gasteiger partial charge in [-0.3, -0.25) is 9.59 Å². The number of amides is 1. The van der Waals surface area contributed by atoms with Gasteiger partial charge in [-0.15, -0.1) is 0 Å². The van der Waals surface area contributed by atoms with Crippen molar-refractivity contribution in [1.82, 2.24) is 15.1 Å². The molecule has 0 spiro atoms. The van der Waals surface area contributed by atoms with Crippen molar-refractivity contribution in [2.75, 3.05) is 7.05 Å². The number of nitrogens with zero attached hydrogens (tertiary/aromatic N) is 2. The lowest BCUT2D eigenvalue weighted by molar-refractivity contribution is 0.0780. The van der Waals surface area contributed by atoms with E-state index in [-0.39, 0.29) is 23.0 Å². The van der Waals surface area contributed by atoms with Crippen LogP contribution in [0.1, 0.15) is 16.1 Å². The van der Waals surface area contributed by atoms with Crippen LogP contribution in [0, 0.1) is 5.82 Å². The third-order valence-corrected chi connectivity index (χ3v) is 3.58. The first kappa shape index (κ1) is 14.9. The monoisotopic (exact) mass is 311 g/mol. The second kappa shape index (κ2) is 6.00. The lowest BCUT2D eigenvalue weighted by Gasteiger charge is -2.17. The Hall–Kier alpha value is -3.02. The highest BCUT2D eigenvalue weighted by Gasteiger charge is 2.18. The van der Waals surface area contributed by atoms with Crippen LogP contribution in [-0.4, -0.2) is 28.1 Å². The molecule has 23 heavy (non-hydrogen) atoms. The average Bonchev–Trinajstić information content (AvgIpc) is 2.57. The number of aromatic amines is 1. The van der Waals surface area contributed by atoms with Crippen molar-refractivity contribution in [1.29, 1.82) is 0 Å². The van der Waals surface area contributed by atoms with Crippen molar-refractivity contribution in [3.63, 3.8) is 0 Å². The van der Waals surface area contributed by atoms with Crippen LogP contribution < -0.4 is 5.56 Å². The van der Waals surface area contributed by atoms with Crippen LogP contribution in [0.5, 0.6) is 0 Å². The number of benzene rings is 2. The van der Waals surface area contributed by atoms with Gasteiger partial charge in [-0.05, 0) is 23.8 Å². The Morgan fingerprint density at radius 3 is 2.48 bits per heavy atom. The lowest BCUT2D eigenvalue weighted by Crippen LogP contribution is -2.28. The largest absolute Gasteiger partial charge is 0.336 e. The SMILES string of the molecule is CN(Cc1ccc(F)cc1)C(=O)c1n[nH]c(=O)c2ccccc12. The standard InChI is InChI=1S/C17H14FN3O2/c1-21(10-11-6-8-12(18)9-7-11)17(23)15-13-4-2-3-5-14(13)16(22)20-19-15/h2-9H,10H2,1H3,(H,20,22). The van der Waals surface area contributed by atoms with Crippen molar-refractivity contribution in [2.45, 2.75) is 6.54 Å². The number of hydrogen-bond donors (Lipinski definition) is 1. The van der Waals surface area contributed by atoms with Gasteiger partial charge in [0, 0.05) is 19.0 Å². The third kappa shape index (κ3) is 2.96. The number of fused-ring (bicyclic) bond motifs is 1. The smallest absolute Gasteiger partial charge is 0.274 e. The number of hydrogen-bond acceptors (Lipinski definition) is 3. The Bertz CT molecular complexity index is 919. The third-order valence-electron chi connectivity index (χ3n) is 3.58.